The van der Waals surface area contributed by atoms with E-state index < -0.39 is 0 Å². The smallest absolute Gasteiger partial charge is 0.162 e. The van der Waals surface area contributed by atoms with Crippen molar-refractivity contribution in [1.82, 2.24) is 5.32 Å². The van der Waals surface area contributed by atoms with Gasteiger partial charge in [-0.1, -0.05) is 35.7 Å². The number of benzene rings is 1. The molecule has 118 valence electrons. The minimum atomic E-state index is 0.652. The summed E-state index contributed by atoms with van der Waals surface area (Å²) in [6.45, 7) is 6.35. The molecule has 4 heteroatoms. The van der Waals surface area contributed by atoms with Gasteiger partial charge in [0, 0.05) is 17.1 Å². The number of ether oxygens (including phenoxy) is 2. The third-order valence-electron chi connectivity index (χ3n) is 3.81. The maximum absolute atomic E-state index is 5.78. The van der Waals surface area contributed by atoms with Crippen LogP contribution in [0.25, 0.3) is 0 Å². The first-order valence-corrected chi connectivity index (χ1v) is 8.85. The van der Waals surface area contributed by atoms with Gasteiger partial charge >= 0.3 is 0 Å². The van der Waals surface area contributed by atoms with Gasteiger partial charge in [0.25, 0.3) is 0 Å². The van der Waals surface area contributed by atoms with Gasteiger partial charge in [0.1, 0.15) is 0 Å². The van der Waals surface area contributed by atoms with Gasteiger partial charge in [-0.15, -0.1) is 0 Å². The molecule has 21 heavy (non-hydrogen) atoms. The molecule has 0 aliphatic heterocycles. The monoisotopic (exact) mass is 355 g/mol. The first kappa shape index (κ1) is 16.6. The van der Waals surface area contributed by atoms with Crippen molar-refractivity contribution in [2.75, 3.05) is 13.2 Å². The maximum Gasteiger partial charge on any atom is 0.162 e. The highest BCUT2D eigenvalue weighted by molar-refractivity contribution is 9.10. The van der Waals surface area contributed by atoms with Crippen LogP contribution >= 0.6 is 15.9 Å². The van der Waals surface area contributed by atoms with Crippen LogP contribution in [0.1, 0.15) is 51.5 Å². The fourth-order valence-electron chi connectivity index (χ4n) is 2.69. The summed E-state index contributed by atoms with van der Waals surface area (Å²) in [5.74, 6) is 1.67. The fraction of sp³-hybridized carbons (Fsp3) is 0.647. The molecule has 1 aliphatic carbocycles. The molecule has 1 N–H and O–H groups in total. The van der Waals surface area contributed by atoms with E-state index >= 15 is 0 Å². The molecule has 0 saturated heterocycles. The zero-order chi connectivity index (χ0) is 15.1. The second-order valence-electron chi connectivity index (χ2n) is 5.53. The van der Waals surface area contributed by atoms with Crippen LogP contribution in [-0.4, -0.2) is 19.3 Å². The minimum Gasteiger partial charge on any atom is -0.490 e. The average molecular weight is 356 g/mol. The molecule has 0 heterocycles. The van der Waals surface area contributed by atoms with Gasteiger partial charge in [-0.05, 0) is 43.9 Å². The van der Waals surface area contributed by atoms with Gasteiger partial charge in [-0.25, -0.2) is 0 Å². The molecular formula is C17H26BrNO2. The lowest BCUT2D eigenvalue weighted by atomic mass is 10.1. The van der Waals surface area contributed by atoms with E-state index in [2.05, 4.69) is 34.2 Å². The topological polar surface area (TPSA) is 30.5 Å². The van der Waals surface area contributed by atoms with Crippen molar-refractivity contribution in [2.45, 2.75) is 58.5 Å². The van der Waals surface area contributed by atoms with Crippen molar-refractivity contribution in [1.29, 1.82) is 0 Å². The number of hydrogen-bond donors (Lipinski definition) is 1. The van der Waals surface area contributed by atoms with Crippen LogP contribution in [0.4, 0.5) is 0 Å². The lowest BCUT2D eigenvalue weighted by Crippen LogP contribution is -2.25. The lowest BCUT2D eigenvalue weighted by molar-refractivity contribution is 0.276. The molecule has 0 bridgehead atoms. The summed E-state index contributed by atoms with van der Waals surface area (Å²) in [4.78, 5) is 0. The van der Waals surface area contributed by atoms with Crippen LogP contribution in [-0.2, 0) is 6.54 Å². The van der Waals surface area contributed by atoms with E-state index in [4.69, 9.17) is 9.47 Å². The standard InChI is InChI=1S/C17H26BrNO2/c1-3-9-21-17-11-15(18)13(10-16(17)20-4-2)12-19-14-7-5-6-8-14/h10-11,14,19H,3-9,12H2,1-2H3. The third kappa shape index (κ3) is 4.89. The van der Waals surface area contributed by atoms with Gasteiger partial charge in [-0.2, -0.15) is 0 Å². The predicted octanol–water partition coefficient (Wildman–Crippen LogP) is 4.67. The highest BCUT2D eigenvalue weighted by Gasteiger charge is 2.16. The quantitative estimate of drug-likeness (QED) is 0.734. The Hall–Kier alpha value is -0.740. The Kier molecular flexibility index (Phi) is 6.84. The van der Waals surface area contributed by atoms with Crippen LogP contribution in [0.15, 0.2) is 16.6 Å². The number of halogens is 1. The second-order valence-corrected chi connectivity index (χ2v) is 6.39. The van der Waals surface area contributed by atoms with Crippen molar-refractivity contribution < 1.29 is 9.47 Å². The van der Waals surface area contributed by atoms with Crippen LogP contribution in [0.3, 0.4) is 0 Å². The molecule has 0 unspecified atom stereocenters. The Morgan fingerprint density at radius 2 is 1.86 bits per heavy atom. The third-order valence-corrected chi connectivity index (χ3v) is 4.55. The lowest BCUT2D eigenvalue weighted by Gasteiger charge is -2.17. The van der Waals surface area contributed by atoms with Crippen molar-refractivity contribution in [3.05, 3.63) is 22.2 Å². The van der Waals surface area contributed by atoms with Crippen LogP contribution < -0.4 is 14.8 Å². The van der Waals surface area contributed by atoms with E-state index in [0.29, 0.717) is 19.3 Å². The summed E-state index contributed by atoms with van der Waals surface area (Å²) in [5.41, 5.74) is 1.23. The van der Waals surface area contributed by atoms with Crippen LogP contribution in [0, 0.1) is 0 Å². The molecule has 3 nitrogen and oxygen atoms in total. The average Bonchev–Trinajstić information content (AvgIpc) is 2.99. The highest BCUT2D eigenvalue weighted by atomic mass is 79.9. The van der Waals surface area contributed by atoms with Gasteiger partial charge in [0.05, 0.1) is 13.2 Å². The zero-order valence-corrected chi connectivity index (χ0v) is 14.7. The van der Waals surface area contributed by atoms with Crippen molar-refractivity contribution in [3.63, 3.8) is 0 Å². The predicted molar refractivity (Wildman–Crippen MR) is 90.2 cm³/mol. The Morgan fingerprint density at radius 1 is 1.14 bits per heavy atom. The first-order valence-electron chi connectivity index (χ1n) is 8.06. The molecule has 1 saturated carbocycles. The van der Waals surface area contributed by atoms with E-state index in [0.717, 1.165) is 28.9 Å². The van der Waals surface area contributed by atoms with E-state index in [9.17, 15) is 0 Å². The van der Waals surface area contributed by atoms with Gasteiger partial charge in [-0.3, -0.25) is 0 Å². The minimum absolute atomic E-state index is 0.652. The summed E-state index contributed by atoms with van der Waals surface area (Å²) >= 11 is 3.66. The van der Waals surface area contributed by atoms with Crippen molar-refractivity contribution in [2.24, 2.45) is 0 Å². The molecule has 1 aromatic carbocycles. The number of rotatable bonds is 8. The first-order chi connectivity index (χ1) is 10.2. The van der Waals surface area contributed by atoms with E-state index in [1.807, 2.05) is 13.0 Å². The van der Waals surface area contributed by atoms with Crippen molar-refractivity contribution in [3.8, 4) is 11.5 Å². The molecule has 2 rings (SSSR count). The summed E-state index contributed by atoms with van der Waals surface area (Å²) in [6.07, 6.45) is 6.30. The van der Waals surface area contributed by atoms with E-state index in [-0.39, 0.29) is 0 Å². The SMILES string of the molecule is CCCOc1cc(Br)c(CNC2CCCC2)cc1OCC. The Morgan fingerprint density at radius 3 is 2.52 bits per heavy atom. The summed E-state index contributed by atoms with van der Waals surface area (Å²) < 4.78 is 12.6. The summed E-state index contributed by atoms with van der Waals surface area (Å²) in [5, 5.41) is 3.64. The van der Waals surface area contributed by atoms with Crippen LogP contribution in [0.2, 0.25) is 0 Å². The second kappa shape index (κ2) is 8.64. The molecular weight excluding hydrogens is 330 g/mol. The van der Waals surface area contributed by atoms with E-state index in [1.165, 1.54) is 31.2 Å². The van der Waals surface area contributed by atoms with Crippen LogP contribution in [0.5, 0.6) is 11.5 Å². The largest absolute Gasteiger partial charge is 0.490 e. The normalized spacial score (nSPS) is 15.4. The van der Waals surface area contributed by atoms with Crippen molar-refractivity contribution >= 4 is 15.9 Å². The van der Waals surface area contributed by atoms with Gasteiger partial charge in [0.15, 0.2) is 11.5 Å². The summed E-state index contributed by atoms with van der Waals surface area (Å²) in [6, 6.07) is 4.80. The van der Waals surface area contributed by atoms with Gasteiger partial charge in [0.2, 0.25) is 0 Å². The molecule has 1 aromatic rings. The van der Waals surface area contributed by atoms with E-state index in [1.54, 1.807) is 0 Å². The Balaban J connectivity index is 2.06. The van der Waals surface area contributed by atoms with Gasteiger partial charge < -0.3 is 14.8 Å². The molecule has 1 fully saturated rings. The molecule has 0 aromatic heterocycles. The molecule has 1 aliphatic rings. The zero-order valence-electron chi connectivity index (χ0n) is 13.1. The Bertz CT molecular complexity index is 445. The fourth-order valence-corrected chi connectivity index (χ4v) is 3.15. The molecule has 0 amide bonds. The summed E-state index contributed by atoms with van der Waals surface area (Å²) in [7, 11) is 0. The molecule has 0 atom stereocenters. The number of nitrogens with one attached hydrogen (secondary N) is 1. The Labute approximate surface area is 136 Å². The maximum atomic E-state index is 5.78. The highest BCUT2D eigenvalue weighted by Crippen LogP contribution is 2.34. The molecule has 0 radical (unpaired) electrons. The molecule has 0 spiro atoms. The number of hydrogen-bond acceptors (Lipinski definition) is 3.